The number of nitrogens with one attached hydrogen (secondary N) is 3. The third-order valence-electron chi connectivity index (χ3n) is 14.9. The van der Waals surface area contributed by atoms with E-state index in [0.29, 0.717) is 31.2 Å². The molecule has 3 aliphatic rings. The summed E-state index contributed by atoms with van der Waals surface area (Å²) >= 11 is 0. The molecule has 17 nitrogen and oxygen atoms in total. The molecule has 5 heterocycles. The van der Waals surface area contributed by atoms with Crippen molar-refractivity contribution in [1.82, 2.24) is 40.0 Å². The number of nitrogens with zero attached hydrogens (tertiary/aromatic N) is 6. The molecule has 71 heavy (non-hydrogen) atoms. The van der Waals surface area contributed by atoms with E-state index in [-0.39, 0.29) is 41.4 Å². The molecule has 4 amide bonds. The molecule has 17 heteroatoms. The molecule has 8 rings (SSSR count). The number of rotatable bonds is 15. The highest BCUT2D eigenvalue weighted by Crippen LogP contribution is 2.48. The number of anilines is 1. The largest absolute Gasteiger partial charge is 0.465 e. The Morgan fingerprint density at radius 3 is 1.61 bits per heavy atom. The van der Waals surface area contributed by atoms with Crippen molar-refractivity contribution in [2.75, 3.05) is 46.4 Å². The average Bonchev–Trinajstić information content (AvgIpc) is 4.25. The van der Waals surface area contributed by atoms with Crippen molar-refractivity contribution in [3.63, 3.8) is 0 Å². The van der Waals surface area contributed by atoms with Gasteiger partial charge in [-0.2, -0.15) is 0 Å². The normalized spacial score (nSPS) is 20.9. The lowest BCUT2D eigenvalue weighted by molar-refractivity contribution is -0.141. The SMILES string of the molecule is COC(=O)N[C@@H](C(=O)N1CCC[C@H]1c1ncc(-c2ccc([C@H]3CC[C@H](c4ccc(-c5cnc([C@@H]6CCCN6C(=O)[C@H]([C@H](C)OC)N(C)C(=O)O)[nH]5)cc4)N3c3ccc(C(C)(C)C)cc3)cc2)[nH]1)[C@H](C)OC. The molecule has 8 atom stereocenters. The zero-order valence-electron chi connectivity index (χ0n) is 42.3. The number of carbonyl (C=O) groups is 4. The second-order valence-corrected chi connectivity index (χ2v) is 20.1. The average molecular weight is 972 g/mol. The van der Waals surface area contributed by atoms with E-state index in [1.54, 1.807) is 23.6 Å². The fourth-order valence-electron chi connectivity index (χ4n) is 10.6. The van der Waals surface area contributed by atoms with Crippen molar-refractivity contribution in [3.05, 3.63) is 114 Å². The van der Waals surface area contributed by atoms with Crippen LogP contribution in [0.4, 0.5) is 15.3 Å². The number of benzene rings is 3. The van der Waals surface area contributed by atoms with Crippen LogP contribution in [-0.4, -0.2) is 130 Å². The van der Waals surface area contributed by atoms with Crippen molar-refractivity contribution in [2.45, 2.75) is 127 Å². The van der Waals surface area contributed by atoms with E-state index in [2.05, 4.69) is 114 Å². The van der Waals surface area contributed by atoms with Crippen molar-refractivity contribution < 1.29 is 38.5 Å². The zero-order chi connectivity index (χ0) is 50.7. The highest BCUT2D eigenvalue weighted by atomic mass is 16.5. The van der Waals surface area contributed by atoms with Crippen molar-refractivity contribution in [3.8, 4) is 22.5 Å². The lowest BCUT2D eigenvalue weighted by Gasteiger charge is -2.34. The fourth-order valence-corrected chi connectivity index (χ4v) is 10.6. The van der Waals surface area contributed by atoms with Crippen LogP contribution in [0.2, 0.25) is 0 Å². The van der Waals surface area contributed by atoms with E-state index in [4.69, 9.17) is 24.2 Å². The van der Waals surface area contributed by atoms with Crippen LogP contribution < -0.4 is 10.2 Å². The molecule has 3 fully saturated rings. The fraction of sp³-hybridized carbons (Fsp3) is 0.481. The number of carboxylic acid groups (broad SMARTS) is 1. The Hall–Kier alpha value is -6.72. The molecular weight excluding hydrogens is 903 g/mol. The number of ether oxygens (including phenoxy) is 3. The van der Waals surface area contributed by atoms with Gasteiger partial charge in [0.2, 0.25) is 11.8 Å². The molecule has 0 spiro atoms. The smallest absolute Gasteiger partial charge is 0.407 e. The lowest BCUT2D eigenvalue weighted by Crippen LogP contribution is -2.54. The molecule has 3 aliphatic heterocycles. The molecule has 3 aromatic carbocycles. The molecule has 0 unspecified atom stereocenters. The van der Waals surface area contributed by atoms with Crippen LogP contribution in [0.1, 0.15) is 126 Å². The van der Waals surface area contributed by atoms with Crippen LogP contribution >= 0.6 is 0 Å². The number of imidazole rings is 2. The number of hydrogen-bond donors (Lipinski definition) is 4. The molecule has 0 radical (unpaired) electrons. The number of likely N-dealkylation sites (N-methyl/N-ethyl adjacent to an activating group) is 1. The lowest BCUT2D eigenvalue weighted by atomic mass is 9.87. The van der Waals surface area contributed by atoms with Gasteiger partial charge in [0.15, 0.2) is 0 Å². The second-order valence-electron chi connectivity index (χ2n) is 20.1. The van der Waals surface area contributed by atoms with E-state index in [0.717, 1.165) is 65.2 Å². The van der Waals surface area contributed by atoms with Crippen LogP contribution in [0.25, 0.3) is 22.5 Å². The van der Waals surface area contributed by atoms with E-state index < -0.39 is 36.5 Å². The summed E-state index contributed by atoms with van der Waals surface area (Å²) in [5.41, 5.74) is 8.50. The highest BCUT2D eigenvalue weighted by molar-refractivity contribution is 5.87. The van der Waals surface area contributed by atoms with E-state index >= 15 is 0 Å². The minimum atomic E-state index is -1.19. The van der Waals surface area contributed by atoms with Crippen LogP contribution in [-0.2, 0) is 29.2 Å². The summed E-state index contributed by atoms with van der Waals surface area (Å²) in [6.07, 6.45) is 5.48. The number of H-pyrrole nitrogens is 2. The van der Waals surface area contributed by atoms with Crippen LogP contribution in [0, 0.1) is 0 Å². The summed E-state index contributed by atoms with van der Waals surface area (Å²) in [4.78, 5) is 75.4. The molecule has 2 aromatic heterocycles. The Morgan fingerprint density at radius 1 is 0.690 bits per heavy atom. The zero-order valence-corrected chi connectivity index (χ0v) is 42.3. The Kier molecular flexibility index (Phi) is 15.2. The van der Waals surface area contributed by atoms with Crippen LogP contribution in [0.3, 0.4) is 0 Å². The first-order valence-corrected chi connectivity index (χ1v) is 24.7. The van der Waals surface area contributed by atoms with Gasteiger partial charge in [-0.15, -0.1) is 0 Å². The maximum absolute atomic E-state index is 13.9. The Labute approximate surface area is 416 Å². The van der Waals surface area contributed by atoms with Gasteiger partial charge in [-0.1, -0.05) is 81.4 Å². The molecule has 0 saturated carbocycles. The number of aromatic nitrogens is 4. The number of carbonyl (C=O) groups excluding carboxylic acids is 3. The molecule has 5 aromatic rings. The third kappa shape index (κ3) is 10.5. The maximum atomic E-state index is 13.9. The summed E-state index contributed by atoms with van der Waals surface area (Å²) in [5, 5.41) is 12.4. The molecule has 0 bridgehead atoms. The van der Waals surface area contributed by atoms with Gasteiger partial charge < -0.3 is 49.3 Å². The number of methoxy groups -OCH3 is 3. The first kappa shape index (κ1) is 50.7. The standard InChI is InChI=1S/C54H69N9O8/c1-32(69-7)46(59-52(66)71-9)50(64)61-28-10-12-44(61)48-55-30-40(57-48)34-14-18-36(19-15-34)42-26-27-43(63(42)39-24-22-38(23-25-39)54(3,4)5)37-20-16-35(17-21-37)41-31-56-49(58-41)45-13-11-29-62(45)51(65)47(33(2)70-8)60(6)53(67)68/h14-25,30-33,42-47H,10-13,26-29H2,1-9H3,(H,55,57)(H,56,58)(H,59,66)(H,67,68)/t32-,33-,42+,43+,44-,45-,46+,47-/m0/s1. The summed E-state index contributed by atoms with van der Waals surface area (Å²) < 4.78 is 15.7. The maximum Gasteiger partial charge on any atom is 0.407 e. The second kappa shape index (κ2) is 21.3. The first-order chi connectivity index (χ1) is 34.0. The molecular formula is C54H69N9O8. The third-order valence-corrected chi connectivity index (χ3v) is 14.9. The molecule has 3 saturated heterocycles. The number of amides is 4. The number of alkyl carbamates (subject to hydrolysis) is 1. The number of aromatic amines is 2. The summed E-state index contributed by atoms with van der Waals surface area (Å²) in [5.74, 6) is 0.821. The van der Waals surface area contributed by atoms with Gasteiger partial charge in [-0.3, -0.25) is 14.5 Å². The van der Waals surface area contributed by atoms with Crippen molar-refractivity contribution >= 4 is 29.7 Å². The number of likely N-dealkylation sites (tertiary alicyclic amines) is 2. The van der Waals surface area contributed by atoms with Gasteiger partial charge in [0.05, 0.1) is 67.3 Å². The predicted molar refractivity (Wildman–Crippen MR) is 270 cm³/mol. The summed E-state index contributed by atoms with van der Waals surface area (Å²) in [6, 6.07) is 24.1. The molecule has 0 aliphatic carbocycles. The van der Waals surface area contributed by atoms with Crippen LogP contribution in [0.15, 0.2) is 85.2 Å². The quantitative estimate of drug-likeness (QED) is 0.0781. The van der Waals surface area contributed by atoms with Gasteiger partial charge in [-0.05, 0) is 97.7 Å². The van der Waals surface area contributed by atoms with Crippen molar-refractivity contribution in [1.29, 1.82) is 0 Å². The monoisotopic (exact) mass is 972 g/mol. The van der Waals surface area contributed by atoms with E-state index in [1.807, 2.05) is 12.4 Å². The minimum Gasteiger partial charge on any atom is -0.465 e. The predicted octanol–water partition coefficient (Wildman–Crippen LogP) is 8.95. The topological polar surface area (TPSA) is 199 Å². The van der Waals surface area contributed by atoms with E-state index in [9.17, 15) is 24.3 Å². The Balaban J connectivity index is 1.01. The van der Waals surface area contributed by atoms with Crippen LogP contribution in [0.5, 0.6) is 0 Å². The van der Waals surface area contributed by atoms with E-state index in [1.165, 1.54) is 45.1 Å². The number of hydrogen-bond acceptors (Lipinski definition) is 10. The van der Waals surface area contributed by atoms with Gasteiger partial charge >= 0.3 is 12.2 Å². The van der Waals surface area contributed by atoms with Crippen molar-refractivity contribution in [2.24, 2.45) is 0 Å². The van der Waals surface area contributed by atoms with Gasteiger partial charge in [0.1, 0.15) is 23.7 Å². The first-order valence-electron chi connectivity index (χ1n) is 24.7. The minimum absolute atomic E-state index is 0.0129. The summed E-state index contributed by atoms with van der Waals surface area (Å²) in [7, 11) is 5.65. The van der Waals surface area contributed by atoms with Gasteiger partial charge in [0, 0.05) is 40.0 Å². The van der Waals surface area contributed by atoms with Gasteiger partial charge in [-0.25, -0.2) is 19.6 Å². The summed E-state index contributed by atoms with van der Waals surface area (Å²) in [6.45, 7) is 11.2. The van der Waals surface area contributed by atoms with Gasteiger partial charge in [0.25, 0.3) is 0 Å². The Morgan fingerprint density at radius 2 is 1.17 bits per heavy atom. The molecule has 4 N–H and O–H groups in total. The Bertz CT molecular complexity index is 2640. The molecule has 378 valence electrons. The highest BCUT2D eigenvalue weighted by Gasteiger charge is 2.42.